The van der Waals surface area contributed by atoms with E-state index in [1.165, 1.54) is 30.3 Å². The van der Waals surface area contributed by atoms with Crippen molar-refractivity contribution >= 4 is 21.7 Å². The molecule has 0 aliphatic carbocycles. The molecule has 186 valence electrons. The van der Waals surface area contributed by atoms with Gasteiger partial charge in [0.1, 0.15) is 23.9 Å². The molecule has 0 heterocycles. The number of sulfonamides is 1. The van der Waals surface area contributed by atoms with Crippen LogP contribution in [-0.2, 0) is 10.0 Å². The predicted octanol–water partition coefficient (Wildman–Crippen LogP) is 2.97. The molecule has 0 fully saturated rings. The number of nitrogens with one attached hydrogen (secondary N) is 2. The fourth-order valence-corrected chi connectivity index (χ4v) is 3.82. The number of carbonyl (C=O) groups is 1. The van der Waals surface area contributed by atoms with Gasteiger partial charge in [0.2, 0.25) is 10.0 Å². The number of aromatic hydroxyl groups is 1. The third-order valence-corrected chi connectivity index (χ3v) is 5.56. The Kier molecular flexibility index (Phi) is 8.28. The Balaban J connectivity index is 1.48. The Bertz CT molecular complexity index is 1300. The molecule has 1 unspecified atom stereocenters. The van der Waals surface area contributed by atoms with Crippen LogP contribution in [-0.4, -0.2) is 55.7 Å². The summed E-state index contributed by atoms with van der Waals surface area (Å²) in [6.45, 7) is 0.845. The Morgan fingerprint density at radius 1 is 1.09 bits per heavy atom. The van der Waals surface area contributed by atoms with E-state index in [1.54, 1.807) is 24.3 Å². The summed E-state index contributed by atoms with van der Waals surface area (Å²) >= 11 is 0. The van der Waals surface area contributed by atoms with Gasteiger partial charge in [-0.15, -0.1) is 0 Å². The number of aromatic carboxylic acids is 1. The van der Waals surface area contributed by atoms with Gasteiger partial charge in [0.05, 0.1) is 23.6 Å². The van der Waals surface area contributed by atoms with E-state index in [-0.39, 0.29) is 35.7 Å². The molecule has 3 aromatic carbocycles. The van der Waals surface area contributed by atoms with Crippen molar-refractivity contribution in [2.24, 2.45) is 0 Å². The number of carboxylic acids is 1. The van der Waals surface area contributed by atoms with Crippen LogP contribution in [0.5, 0.6) is 11.5 Å². The number of anilines is 1. The molecular formula is C24H25FN2O7S. The fourth-order valence-electron chi connectivity index (χ4n) is 3.25. The van der Waals surface area contributed by atoms with Crippen molar-refractivity contribution in [1.29, 1.82) is 0 Å². The van der Waals surface area contributed by atoms with Crippen molar-refractivity contribution in [3.63, 3.8) is 0 Å². The Morgan fingerprint density at radius 2 is 1.80 bits per heavy atom. The molecule has 5 N–H and O–H groups in total. The van der Waals surface area contributed by atoms with E-state index in [0.717, 1.165) is 12.3 Å². The molecule has 11 heteroatoms. The number of rotatable bonds is 11. The molecule has 0 saturated heterocycles. The second-order valence-electron chi connectivity index (χ2n) is 7.74. The lowest BCUT2D eigenvalue weighted by Gasteiger charge is -2.15. The zero-order valence-corrected chi connectivity index (χ0v) is 19.5. The zero-order valence-electron chi connectivity index (χ0n) is 18.7. The first-order valence-corrected chi connectivity index (χ1v) is 12.4. The Labute approximate surface area is 201 Å². The van der Waals surface area contributed by atoms with Crippen LogP contribution >= 0.6 is 0 Å². The highest BCUT2D eigenvalue weighted by Gasteiger charge is 2.13. The molecule has 9 nitrogen and oxygen atoms in total. The van der Waals surface area contributed by atoms with Gasteiger partial charge in [-0.05, 0) is 47.5 Å². The smallest absolute Gasteiger partial charge is 0.335 e. The van der Waals surface area contributed by atoms with Gasteiger partial charge in [0.15, 0.2) is 0 Å². The summed E-state index contributed by atoms with van der Waals surface area (Å²) in [5.74, 6) is -1.53. The van der Waals surface area contributed by atoms with Crippen LogP contribution in [0.2, 0.25) is 0 Å². The van der Waals surface area contributed by atoms with Crippen LogP contribution in [0.15, 0.2) is 60.7 Å². The van der Waals surface area contributed by atoms with Crippen LogP contribution < -0.4 is 14.8 Å². The standard InChI is InChI=1S/C24H25FN2O7S/c1-35(32,33)27-21-13-16(5-9-22(21)28)23(29)14-26-10-11-34-18-6-2-15(3-7-18)19-8-4-17(24(30)31)12-20(19)25/h2-9,12-13,23,26-29H,10-11,14H2,1H3,(H,30,31). The summed E-state index contributed by atoms with van der Waals surface area (Å²) in [7, 11) is -3.58. The van der Waals surface area contributed by atoms with E-state index in [1.807, 2.05) is 0 Å². The average molecular weight is 505 g/mol. The first-order chi connectivity index (χ1) is 16.5. The van der Waals surface area contributed by atoms with E-state index in [9.17, 15) is 27.8 Å². The number of halogens is 1. The van der Waals surface area contributed by atoms with Gasteiger partial charge in [-0.25, -0.2) is 17.6 Å². The number of phenols is 1. The van der Waals surface area contributed by atoms with Crippen LogP contribution in [0, 0.1) is 5.82 Å². The lowest BCUT2D eigenvalue weighted by Crippen LogP contribution is -2.26. The predicted molar refractivity (Wildman–Crippen MR) is 129 cm³/mol. The SMILES string of the molecule is CS(=O)(=O)Nc1cc(C(O)CNCCOc2ccc(-c3ccc(C(=O)O)cc3F)cc2)ccc1O. The van der Waals surface area contributed by atoms with Gasteiger partial charge < -0.3 is 25.4 Å². The van der Waals surface area contributed by atoms with E-state index in [4.69, 9.17) is 9.84 Å². The second kappa shape index (κ2) is 11.2. The lowest BCUT2D eigenvalue weighted by atomic mass is 10.0. The van der Waals surface area contributed by atoms with Gasteiger partial charge in [-0.3, -0.25) is 4.72 Å². The highest BCUT2D eigenvalue weighted by Crippen LogP contribution is 2.28. The summed E-state index contributed by atoms with van der Waals surface area (Å²) < 4.78 is 44.8. The normalized spacial score (nSPS) is 12.2. The molecule has 0 amide bonds. The number of hydrogen-bond acceptors (Lipinski definition) is 7. The first kappa shape index (κ1) is 25.9. The molecule has 3 rings (SSSR count). The molecular weight excluding hydrogens is 479 g/mol. The summed E-state index contributed by atoms with van der Waals surface area (Å²) in [5.41, 5.74) is 1.13. The summed E-state index contributed by atoms with van der Waals surface area (Å²) in [5, 5.41) is 32.1. The number of aliphatic hydroxyl groups excluding tert-OH is 1. The number of benzene rings is 3. The van der Waals surface area contributed by atoms with E-state index in [0.29, 0.717) is 23.4 Å². The van der Waals surface area contributed by atoms with Crippen molar-refractivity contribution in [1.82, 2.24) is 5.32 Å². The summed E-state index contributed by atoms with van der Waals surface area (Å²) in [6, 6.07) is 14.5. The third-order valence-electron chi connectivity index (χ3n) is 4.97. The molecule has 0 aliphatic heterocycles. The van der Waals surface area contributed by atoms with Crippen molar-refractivity contribution in [2.75, 3.05) is 30.7 Å². The minimum absolute atomic E-state index is 0.0199. The molecule has 35 heavy (non-hydrogen) atoms. The highest BCUT2D eigenvalue weighted by atomic mass is 32.2. The second-order valence-corrected chi connectivity index (χ2v) is 9.49. The molecule has 0 aromatic heterocycles. The van der Waals surface area contributed by atoms with E-state index < -0.39 is 27.9 Å². The number of phenolic OH excluding ortho intramolecular Hbond substituents is 1. The van der Waals surface area contributed by atoms with Gasteiger partial charge in [0.25, 0.3) is 0 Å². The topological polar surface area (TPSA) is 145 Å². The molecule has 1 atom stereocenters. The van der Waals surface area contributed by atoms with Gasteiger partial charge >= 0.3 is 5.97 Å². The molecule has 3 aromatic rings. The van der Waals surface area contributed by atoms with Gasteiger partial charge in [0, 0.05) is 18.7 Å². The lowest BCUT2D eigenvalue weighted by molar-refractivity contribution is 0.0696. The maximum Gasteiger partial charge on any atom is 0.335 e. The van der Waals surface area contributed by atoms with Crippen LogP contribution in [0.4, 0.5) is 10.1 Å². The quantitative estimate of drug-likeness (QED) is 0.198. The maximum absolute atomic E-state index is 14.2. The van der Waals surface area contributed by atoms with Crippen LogP contribution in [0.1, 0.15) is 22.0 Å². The summed E-state index contributed by atoms with van der Waals surface area (Å²) in [4.78, 5) is 10.9. The fraction of sp³-hybridized carbons (Fsp3) is 0.208. The molecule has 0 spiro atoms. The number of hydrogen-bond donors (Lipinski definition) is 5. The van der Waals surface area contributed by atoms with Crippen LogP contribution in [0.3, 0.4) is 0 Å². The highest BCUT2D eigenvalue weighted by molar-refractivity contribution is 7.92. The Morgan fingerprint density at radius 3 is 2.43 bits per heavy atom. The first-order valence-electron chi connectivity index (χ1n) is 10.5. The van der Waals surface area contributed by atoms with Crippen LogP contribution in [0.25, 0.3) is 11.1 Å². The van der Waals surface area contributed by atoms with Gasteiger partial charge in [-0.2, -0.15) is 0 Å². The number of ether oxygens (including phenoxy) is 1. The van der Waals surface area contributed by atoms with E-state index in [2.05, 4.69) is 10.0 Å². The maximum atomic E-state index is 14.2. The largest absolute Gasteiger partial charge is 0.506 e. The van der Waals surface area contributed by atoms with Crippen molar-refractivity contribution < 1.29 is 37.7 Å². The van der Waals surface area contributed by atoms with Crippen molar-refractivity contribution in [2.45, 2.75) is 6.10 Å². The molecule has 0 bridgehead atoms. The Hall–Kier alpha value is -3.67. The van der Waals surface area contributed by atoms with Gasteiger partial charge in [-0.1, -0.05) is 24.3 Å². The molecule has 0 saturated carbocycles. The zero-order chi connectivity index (χ0) is 25.6. The number of carboxylic acid groups (broad SMARTS) is 1. The van der Waals surface area contributed by atoms with Crippen molar-refractivity contribution in [3.8, 4) is 22.6 Å². The van der Waals surface area contributed by atoms with E-state index >= 15 is 0 Å². The van der Waals surface area contributed by atoms with Crippen molar-refractivity contribution in [3.05, 3.63) is 77.6 Å². The number of aliphatic hydroxyl groups is 1. The monoisotopic (exact) mass is 504 g/mol. The minimum Gasteiger partial charge on any atom is -0.506 e. The average Bonchev–Trinajstić information content (AvgIpc) is 2.79. The molecule has 0 radical (unpaired) electrons. The molecule has 0 aliphatic rings. The summed E-state index contributed by atoms with van der Waals surface area (Å²) in [6.07, 6.45) is 0.0129. The minimum atomic E-state index is -3.58. The third kappa shape index (κ3) is 7.41.